The van der Waals surface area contributed by atoms with Crippen molar-refractivity contribution in [2.24, 2.45) is 5.10 Å². The molecule has 3 aromatic carbocycles. The van der Waals surface area contributed by atoms with E-state index < -0.39 is 11.5 Å². The third kappa shape index (κ3) is 4.17. The fraction of sp³-hybridized carbons (Fsp3) is 0.0476. The van der Waals surface area contributed by atoms with E-state index in [0.29, 0.717) is 16.7 Å². The van der Waals surface area contributed by atoms with Gasteiger partial charge in [0.05, 0.1) is 6.21 Å². The van der Waals surface area contributed by atoms with E-state index in [1.165, 1.54) is 6.21 Å². The molecule has 3 aromatic rings. The number of amides is 1. The number of aliphatic hydroxyl groups is 1. The first-order valence-electron chi connectivity index (χ1n) is 8.17. The van der Waals surface area contributed by atoms with Gasteiger partial charge in [0, 0.05) is 9.13 Å². The van der Waals surface area contributed by atoms with E-state index >= 15 is 0 Å². The monoisotopic (exact) mass is 472 g/mol. The van der Waals surface area contributed by atoms with Crippen LogP contribution in [0.5, 0.6) is 5.75 Å². The number of aromatic hydroxyl groups is 1. The van der Waals surface area contributed by atoms with Crippen LogP contribution in [-0.4, -0.2) is 22.3 Å². The van der Waals surface area contributed by atoms with Crippen molar-refractivity contribution in [1.29, 1.82) is 0 Å². The van der Waals surface area contributed by atoms with Gasteiger partial charge in [-0.15, -0.1) is 0 Å². The molecule has 0 aliphatic carbocycles. The zero-order valence-corrected chi connectivity index (χ0v) is 16.4. The highest BCUT2D eigenvalue weighted by Gasteiger charge is 2.39. The Hall–Kier alpha value is -2.71. The number of hydrogen-bond acceptors (Lipinski definition) is 4. The molecule has 0 saturated heterocycles. The zero-order valence-electron chi connectivity index (χ0n) is 14.2. The molecular formula is C21H17IN2O3. The Morgan fingerprint density at radius 3 is 2.07 bits per heavy atom. The van der Waals surface area contributed by atoms with Gasteiger partial charge in [-0.25, -0.2) is 5.43 Å². The highest BCUT2D eigenvalue weighted by molar-refractivity contribution is 14.1. The number of halogens is 1. The summed E-state index contributed by atoms with van der Waals surface area (Å²) >= 11 is 2.12. The minimum atomic E-state index is -1.90. The Bertz CT molecular complexity index is 920. The quantitative estimate of drug-likeness (QED) is 0.303. The van der Waals surface area contributed by atoms with Crippen molar-refractivity contribution in [3.8, 4) is 5.75 Å². The molecule has 0 spiro atoms. The summed E-state index contributed by atoms with van der Waals surface area (Å²) < 4.78 is 0.920. The summed E-state index contributed by atoms with van der Waals surface area (Å²) in [4.78, 5) is 12.9. The van der Waals surface area contributed by atoms with Crippen molar-refractivity contribution in [1.82, 2.24) is 5.43 Å². The van der Waals surface area contributed by atoms with Crippen LogP contribution in [0.2, 0.25) is 0 Å². The standard InChI is InChI=1S/C21H17IN2O3/c22-18-11-12-19(25)15(13-18)14-23-24-20(26)21(27,16-7-3-1-4-8-16)17-9-5-2-6-10-17/h1-14,25,27H,(H,24,26)/b23-14+. The lowest BCUT2D eigenvalue weighted by Gasteiger charge is -2.27. The molecule has 0 bridgehead atoms. The van der Waals surface area contributed by atoms with Gasteiger partial charge in [-0.3, -0.25) is 4.79 Å². The second-order valence-corrected chi connectivity index (χ2v) is 7.09. The normalized spacial score (nSPS) is 11.5. The molecule has 3 rings (SSSR count). The van der Waals surface area contributed by atoms with Gasteiger partial charge in [-0.05, 0) is 51.9 Å². The summed E-state index contributed by atoms with van der Waals surface area (Å²) in [6, 6.07) is 22.4. The highest BCUT2D eigenvalue weighted by atomic mass is 127. The van der Waals surface area contributed by atoms with Gasteiger partial charge >= 0.3 is 0 Å². The molecule has 0 atom stereocenters. The van der Waals surface area contributed by atoms with Crippen LogP contribution in [0.4, 0.5) is 0 Å². The maximum atomic E-state index is 12.9. The fourth-order valence-electron chi connectivity index (χ4n) is 2.66. The van der Waals surface area contributed by atoms with E-state index in [4.69, 9.17) is 0 Å². The maximum Gasteiger partial charge on any atom is 0.281 e. The summed E-state index contributed by atoms with van der Waals surface area (Å²) in [5.41, 5.74) is 1.81. The molecule has 6 heteroatoms. The minimum Gasteiger partial charge on any atom is -0.507 e. The van der Waals surface area contributed by atoms with E-state index in [9.17, 15) is 15.0 Å². The number of nitrogens with zero attached hydrogens (tertiary/aromatic N) is 1. The molecule has 0 saturated carbocycles. The van der Waals surface area contributed by atoms with Gasteiger partial charge in [0.2, 0.25) is 0 Å². The predicted octanol–water partition coefficient (Wildman–Crippen LogP) is 3.38. The SMILES string of the molecule is O=C(N/N=C/c1cc(I)ccc1O)C(O)(c1ccccc1)c1ccccc1. The van der Waals surface area contributed by atoms with Crippen molar-refractivity contribution in [2.45, 2.75) is 5.60 Å². The zero-order chi connectivity index (χ0) is 19.3. The van der Waals surface area contributed by atoms with Crippen LogP contribution in [0.25, 0.3) is 0 Å². The minimum absolute atomic E-state index is 0.0507. The molecule has 136 valence electrons. The van der Waals surface area contributed by atoms with Crippen molar-refractivity contribution in [2.75, 3.05) is 0 Å². The molecule has 0 aliphatic heterocycles. The summed E-state index contributed by atoms with van der Waals surface area (Å²) in [6.07, 6.45) is 1.34. The molecule has 0 heterocycles. The lowest BCUT2D eigenvalue weighted by molar-refractivity contribution is -0.136. The van der Waals surface area contributed by atoms with E-state index in [2.05, 4.69) is 33.1 Å². The topological polar surface area (TPSA) is 81.9 Å². The second-order valence-electron chi connectivity index (χ2n) is 5.84. The molecule has 1 amide bonds. The molecule has 3 N–H and O–H groups in total. The Balaban J connectivity index is 1.90. The molecule has 0 fully saturated rings. The number of carbonyl (C=O) groups excluding carboxylic acids is 1. The summed E-state index contributed by atoms with van der Waals surface area (Å²) in [5, 5.41) is 25.1. The van der Waals surface area contributed by atoms with Gasteiger partial charge in [-0.1, -0.05) is 60.7 Å². The first-order valence-corrected chi connectivity index (χ1v) is 9.25. The van der Waals surface area contributed by atoms with Crippen LogP contribution in [0.1, 0.15) is 16.7 Å². The molecule has 0 unspecified atom stereocenters. The van der Waals surface area contributed by atoms with Gasteiger partial charge < -0.3 is 10.2 Å². The van der Waals surface area contributed by atoms with Gasteiger partial charge in [-0.2, -0.15) is 5.10 Å². The molecule has 27 heavy (non-hydrogen) atoms. The summed E-state index contributed by atoms with van der Waals surface area (Å²) in [5.74, 6) is -0.643. The van der Waals surface area contributed by atoms with Gasteiger partial charge in [0.1, 0.15) is 5.75 Å². The van der Waals surface area contributed by atoms with Crippen molar-refractivity contribution in [3.63, 3.8) is 0 Å². The number of benzene rings is 3. The molecule has 0 aromatic heterocycles. The van der Waals surface area contributed by atoms with E-state index in [0.717, 1.165) is 3.57 Å². The van der Waals surface area contributed by atoms with Crippen LogP contribution in [0.3, 0.4) is 0 Å². The van der Waals surface area contributed by atoms with E-state index in [-0.39, 0.29) is 5.75 Å². The van der Waals surface area contributed by atoms with Crippen LogP contribution >= 0.6 is 22.6 Å². The van der Waals surface area contributed by atoms with Crippen LogP contribution in [-0.2, 0) is 10.4 Å². The van der Waals surface area contributed by atoms with Gasteiger partial charge in [0.15, 0.2) is 5.60 Å². The molecule has 0 radical (unpaired) electrons. The van der Waals surface area contributed by atoms with Crippen LogP contribution in [0, 0.1) is 3.57 Å². The van der Waals surface area contributed by atoms with Gasteiger partial charge in [0.25, 0.3) is 5.91 Å². The Morgan fingerprint density at radius 2 is 1.52 bits per heavy atom. The number of rotatable bonds is 5. The largest absolute Gasteiger partial charge is 0.507 e. The molecule has 5 nitrogen and oxygen atoms in total. The lowest BCUT2D eigenvalue weighted by Crippen LogP contribution is -2.43. The third-order valence-corrected chi connectivity index (χ3v) is 4.74. The summed E-state index contributed by atoms with van der Waals surface area (Å²) in [6.45, 7) is 0. The maximum absolute atomic E-state index is 12.9. The number of carbonyl (C=O) groups is 1. The first-order chi connectivity index (χ1) is 13.0. The van der Waals surface area contributed by atoms with Crippen molar-refractivity contribution >= 4 is 34.7 Å². The molecular weight excluding hydrogens is 455 g/mol. The average Bonchev–Trinajstić information content (AvgIpc) is 2.71. The third-order valence-electron chi connectivity index (χ3n) is 4.07. The average molecular weight is 472 g/mol. The predicted molar refractivity (Wildman–Crippen MR) is 112 cm³/mol. The number of hydrazone groups is 1. The number of phenolic OH excluding ortho intramolecular Hbond substituents is 1. The van der Waals surface area contributed by atoms with Crippen LogP contribution in [0.15, 0.2) is 84.0 Å². The smallest absolute Gasteiger partial charge is 0.281 e. The number of phenols is 1. The van der Waals surface area contributed by atoms with E-state index in [1.54, 1.807) is 66.7 Å². The van der Waals surface area contributed by atoms with E-state index in [1.807, 2.05) is 12.1 Å². The first kappa shape index (κ1) is 19.1. The van der Waals surface area contributed by atoms with Crippen molar-refractivity contribution < 1.29 is 15.0 Å². The summed E-state index contributed by atoms with van der Waals surface area (Å²) in [7, 11) is 0. The number of nitrogens with one attached hydrogen (secondary N) is 1. The Morgan fingerprint density at radius 1 is 0.963 bits per heavy atom. The second kappa shape index (κ2) is 8.32. The Labute approximate surface area is 170 Å². The van der Waals surface area contributed by atoms with Crippen molar-refractivity contribution in [3.05, 3.63) is 99.1 Å². The van der Waals surface area contributed by atoms with Crippen LogP contribution < -0.4 is 5.43 Å². The number of hydrogen-bond donors (Lipinski definition) is 3. The Kier molecular flexibility index (Phi) is 5.88. The lowest BCUT2D eigenvalue weighted by atomic mass is 9.85. The fourth-order valence-corrected chi connectivity index (χ4v) is 3.17. The molecule has 0 aliphatic rings. The highest BCUT2D eigenvalue weighted by Crippen LogP contribution is 2.29.